The first-order valence-corrected chi connectivity index (χ1v) is 11.9. The number of benzene rings is 3. The Balaban J connectivity index is 1.47. The summed E-state index contributed by atoms with van der Waals surface area (Å²) in [6.07, 6.45) is 2.76. The predicted octanol–water partition coefficient (Wildman–Crippen LogP) is 6.15. The molecule has 3 aromatic carbocycles. The number of ether oxygens (including phenoxy) is 1. The maximum atomic E-state index is 6.33. The van der Waals surface area contributed by atoms with E-state index in [2.05, 4.69) is 95.9 Å². The topological polar surface area (TPSA) is 54.0 Å². The molecule has 35 heavy (non-hydrogen) atoms. The molecule has 1 unspecified atom stereocenters. The maximum Gasteiger partial charge on any atom is 0.138 e. The number of nitrogens with one attached hydrogen (secondary N) is 1. The van der Waals surface area contributed by atoms with Crippen LogP contribution in [0, 0.1) is 6.92 Å². The van der Waals surface area contributed by atoms with Crippen molar-refractivity contribution in [2.45, 2.75) is 19.4 Å². The van der Waals surface area contributed by atoms with Crippen LogP contribution in [0.1, 0.15) is 11.3 Å². The van der Waals surface area contributed by atoms with E-state index < -0.39 is 0 Å². The minimum absolute atomic E-state index is 0.250. The Morgan fingerprint density at radius 3 is 2.37 bits per heavy atom. The number of hydrogen-bond acceptors (Lipinski definition) is 4. The zero-order valence-electron chi connectivity index (χ0n) is 20.4. The van der Waals surface area contributed by atoms with Gasteiger partial charge in [0.25, 0.3) is 0 Å². The Bertz CT molecular complexity index is 1410. The zero-order valence-corrected chi connectivity index (χ0v) is 20.4. The second kappa shape index (κ2) is 10.1. The van der Waals surface area contributed by atoms with E-state index in [1.165, 1.54) is 5.56 Å². The van der Waals surface area contributed by atoms with Crippen molar-refractivity contribution in [1.29, 1.82) is 0 Å². The van der Waals surface area contributed by atoms with Crippen molar-refractivity contribution in [1.82, 2.24) is 20.1 Å². The average molecular weight is 463 g/mol. The monoisotopic (exact) mass is 462 g/mol. The molecule has 5 nitrogen and oxygen atoms in total. The number of hydrogen-bond donors (Lipinski definition) is 1. The molecule has 0 saturated heterocycles. The predicted molar refractivity (Wildman–Crippen MR) is 143 cm³/mol. The molecule has 5 aromatic rings. The smallest absolute Gasteiger partial charge is 0.138 e. The molecular weight excluding hydrogens is 432 g/mol. The molecule has 0 spiro atoms. The lowest BCUT2D eigenvalue weighted by Gasteiger charge is -2.25. The van der Waals surface area contributed by atoms with Gasteiger partial charge >= 0.3 is 0 Å². The molecule has 0 aliphatic carbocycles. The summed E-state index contributed by atoms with van der Waals surface area (Å²) in [7, 11) is 4.20. The summed E-state index contributed by atoms with van der Waals surface area (Å²) in [6.45, 7) is 2.62. The van der Waals surface area contributed by atoms with Crippen molar-refractivity contribution in [3.8, 4) is 28.1 Å². The highest BCUT2D eigenvalue weighted by Crippen LogP contribution is 2.35. The SMILES string of the molecule is Cc1[nH]nc2ccc(-c3cc(OCC(Cc4ccccc4)N(C)C)cnc3-c3ccccc3)cc12. The number of likely N-dealkylation sites (N-methyl/N-ethyl adjacent to an activating group) is 1. The summed E-state index contributed by atoms with van der Waals surface area (Å²) in [6, 6.07) is 29.5. The average Bonchev–Trinajstić information content (AvgIpc) is 3.27. The van der Waals surface area contributed by atoms with E-state index in [1.807, 2.05) is 31.3 Å². The number of aromatic nitrogens is 3. The number of pyridine rings is 1. The molecule has 5 heteroatoms. The summed E-state index contributed by atoms with van der Waals surface area (Å²) in [5.74, 6) is 0.767. The van der Waals surface area contributed by atoms with Gasteiger partial charge in [-0.1, -0.05) is 66.7 Å². The zero-order chi connectivity index (χ0) is 24.2. The minimum Gasteiger partial charge on any atom is -0.490 e. The van der Waals surface area contributed by atoms with Crippen molar-refractivity contribution in [3.63, 3.8) is 0 Å². The van der Waals surface area contributed by atoms with Crippen LogP contribution in [0.5, 0.6) is 5.75 Å². The van der Waals surface area contributed by atoms with Crippen molar-refractivity contribution >= 4 is 10.9 Å². The second-order valence-electron chi connectivity index (χ2n) is 9.13. The second-order valence-corrected chi connectivity index (χ2v) is 9.13. The van der Waals surface area contributed by atoms with Crippen molar-refractivity contribution in [2.75, 3.05) is 20.7 Å². The molecule has 5 rings (SSSR count). The third-order valence-electron chi connectivity index (χ3n) is 6.45. The van der Waals surface area contributed by atoms with Gasteiger partial charge in [0.05, 0.1) is 17.4 Å². The normalized spacial score (nSPS) is 12.2. The molecule has 176 valence electrons. The van der Waals surface area contributed by atoms with Gasteiger partial charge in [-0.2, -0.15) is 5.10 Å². The Labute approximate surface area is 206 Å². The lowest BCUT2D eigenvalue weighted by molar-refractivity contribution is 0.184. The first-order valence-electron chi connectivity index (χ1n) is 11.9. The van der Waals surface area contributed by atoms with Crippen LogP contribution in [-0.4, -0.2) is 46.8 Å². The molecular formula is C30H30N4O. The number of aryl methyl sites for hydroxylation is 1. The van der Waals surface area contributed by atoms with Gasteiger partial charge in [-0.05, 0) is 56.8 Å². The van der Waals surface area contributed by atoms with Gasteiger partial charge in [0, 0.05) is 28.2 Å². The molecule has 0 bridgehead atoms. The standard InChI is InChI=1S/C30H30N4O/c1-21-27-17-24(14-15-29(27)33-32-21)28-18-26(19-31-30(28)23-12-8-5-9-13-23)35-20-25(34(2)3)16-22-10-6-4-7-11-22/h4-15,17-19,25H,16,20H2,1-3H3,(H,32,33). The van der Waals surface area contributed by atoms with Crippen LogP contribution in [0.4, 0.5) is 0 Å². The molecule has 0 radical (unpaired) electrons. The van der Waals surface area contributed by atoms with Crippen LogP contribution in [0.25, 0.3) is 33.3 Å². The van der Waals surface area contributed by atoms with E-state index >= 15 is 0 Å². The highest BCUT2D eigenvalue weighted by molar-refractivity contribution is 5.90. The van der Waals surface area contributed by atoms with Crippen molar-refractivity contribution in [2.24, 2.45) is 0 Å². The lowest BCUT2D eigenvalue weighted by Crippen LogP contribution is -2.35. The first-order chi connectivity index (χ1) is 17.1. The molecule has 2 heterocycles. The number of H-pyrrole nitrogens is 1. The molecule has 0 aliphatic rings. The summed E-state index contributed by atoms with van der Waals surface area (Å²) in [4.78, 5) is 7.08. The van der Waals surface area contributed by atoms with Gasteiger partial charge in [0.1, 0.15) is 12.4 Å². The fraction of sp³-hybridized carbons (Fsp3) is 0.200. The summed E-state index contributed by atoms with van der Waals surface area (Å²) in [5.41, 5.74) is 7.46. The van der Waals surface area contributed by atoms with E-state index in [9.17, 15) is 0 Å². The number of rotatable bonds is 8. The van der Waals surface area contributed by atoms with Crippen LogP contribution in [-0.2, 0) is 6.42 Å². The van der Waals surface area contributed by atoms with Crippen LogP contribution < -0.4 is 4.74 Å². The van der Waals surface area contributed by atoms with Crippen LogP contribution in [0.15, 0.2) is 91.1 Å². The van der Waals surface area contributed by atoms with Gasteiger partial charge in [0.15, 0.2) is 0 Å². The number of aromatic amines is 1. The van der Waals surface area contributed by atoms with Gasteiger partial charge in [-0.3, -0.25) is 10.1 Å². The van der Waals surface area contributed by atoms with Gasteiger partial charge in [-0.15, -0.1) is 0 Å². The summed E-state index contributed by atoms with van der Waals surface area (Å²) in [5, 5.41) is 8.58. The Morgan fingerprint density at radius 1 is 0.886 bits per heavy atom. The van der Waals surface area contributed by atoms with Gasteiger partial charge in [0.2, 0.25) is 0 Å². The van der Waals surface area contributed by atoms with Crippen LogP contribution >= 0.6 is 0 Å². The van der Waals surface area contributed by atoms with E-state index in [1.54, 1.807) is 0 Å². The van der Waals surface area contributed by atoms with Crippen molar-refractivity contribution < 1.29 is 4.74 Å². The summed E-state index contributed by atoms with van der Waals surface area (Å²) >= 11 is 0. The van der Waals surface area contributed by atoms with Gasteiger partial charge < -0.3 is 9.64 Å². The fourth-order valence-corrected chi connectivity index (χ4v) is 4.35. The lowest BCUT2D eigenvalue weighted by atomic mass is 9.98. The molecule has 0 amide bonds. The van der Waals surface area contributed by atoms with Crippen LogP contribution in [0.3, 0.4) is 0 Å². The van der Waals surface area contributed by atoms with E-state index in [0.717, 1.165) is 51.2 Å². The Hall–Kier alpha value is -3.96. The molecule has 2 aromatic heterocycles. The van der Waals surface area contributed by atoms with Crippen molar-refractivity contribution in [3.05, 3.63) is 102 Å². The highest BCUT2D eigenvalue weighted by Gasteiger charge is 2.16. The fourth-order valence-electron chi connectivity index (χ4n) is 4.35. The molecule has 0 saturated carbocycles. The number of nitrogens with zero attached hydrogens (tertiary/aromatic N) is 3. The van der Waals surface area contributed by atoms with E-state index in [-0.39, 0.29) is 6.04 Å². The number of fused-ring (bicyclic) bond motifs is 1. The highest BCUT2D eigenvalue weighted by atomic mass is 16.5. The largest absolute Gasteiger partial charge is 0.490 e. The maximum absolute atomic E-state index is 6.33. The van der Waals surface area contributed by atoms with E-state index in [0.29, 0.717) is 6.61 Å². The quantitative estimate of drug-likeness (QED) is 0.300. The minimum atomic E-state index is 0.250. The Morgan fingerprint density at radius 2 is 1.63 bits per heavy atom. The third-order valence-corrected chi connectivity index (χ3v) is 6.45. The molecule has 0 fully saturated rings. The molecule has 1 atom stereocenters. The van der Waals surface area contributed by atoms with Crippen LogP contribution in [0.2, 0.25) is 0 Å². The third kappa shape index (κ3) is 5.10. The first kappa shape index (κ1) is 22.8. The van der Waals surface area contributed by atoms with E-state index in [4.69, 9.17) is 9.72 Å². The molecule has 0 aliphatic heterocycles. The van der Waals surface area contributed by atoms with Gasteiger partial charge in [-0.25, -0.2) is 0 Å². The Kier molecular flexibility index (Phi) is 6.59. The summed E-state index contributed by atoms with van der Waals surface area (Å²) < 4.78 is 6.33. The molecule has 1 N–H and O–H groups in total.